The van der Waals surface area contributed by atoms with Crippen LogP contribution in [0.3, 0.4) is 0 Å². The topological polar surface area (TPSA) is 63.8 Å². The van der Waals surface area contributed by atoms with Crippen molar-refractivity contribution >= 4 is 39.1 Å². The van der Waals surface area contributed by atoms with E-state index >= 15 is 0 Å². The number of fused-ring (bicyclic) bond motifs is 1. The predicted molar refractivity (Wildman–Crippen MR) is 92.5 cm³/mol. The summed E-state index contributed by atoms with van der Waals surface area (Å²) in [6.07, 6.45) is 0. The molecule has 0 saturated carbocycles. The average Bonchev–Trinajstić information content (AvgIpc) is 2.97. The lowest BCUT2D eigenvalue weighted by molar-refractivity contribution is 1.06. The van der Waals surface area contributed by atoms with Gasteiger partial charge in [-0.2, -0.15) is 11.8 Å². The maximum Gasteiger partial charge on any atom is 0.153 e. The number of nitrogens with two attached hydrogens (primary N) is 1. The standard InChI is InChI=1S/C15H16N4S2/c1-2-20-9-12-17-14(19-16)13-11(8-21-15(13)18-12)10-6-4-3-5-7-10/h3-8H,2,9,16H2,1H3,(H,17,18,19). The van der Waals surface area contributed by atoms with Crippen molar-refractivity contribution in [2.24, 2.45) is 5.84 Å². The first-order valence-electron chi connectivity index (χ1n) is 6.71. The monoisotopic (exact) mass is 316 g/mol. The van der Waals surface area contributed by atoms with Gasteiger partial charge in [-0.1, -0.05) is 37.3 Å². The molecule has 2 aromatic heterocycles. The number of anilines is 1. The van der Waals surface area contributed by atoms with Crippen LogP contribution in [-0.2, 0) is 5.75 Å². The number of nitrogen functional groups attached to an aromatic ring is 1. The number of hydrogen-bond acceptors (Lipinski definition) is 6. The molecule has 6 heteroatoms. The van der Waals surface area contributed by atoms with Crippen molar-refractivity contribution in [1.82, 2.24) is 9.97 Å². The van der Waals surface area contributed by atoms with E-state index in [9.17, 15) is 0 Å². The summed E-state index contributed by atoms with van der Waals surface area (Å²) in [5.74, 6) is 9.05. The Labute approximate surface area is 131 Å². The van der Waals surface area contributed by atoms with Crippen molar-refractivity contribution in [3.63, 3.8) is 0 Å². The minimum absolute atomic E-state index is 0.701. The van der Waals surface area contributed by atoms with Crippen LogP contribution in [-0.4, -0.2) is 15.7 Å². The van der Waals surface area contributed by atoms with E-state index in [0.29, 0.717) is 5.82 Å². The Morgan fingerprint density at radius 3 is 2.76 bits per heavy atom. The molecule has 0 radical (unpaired) electrons. The van der Waals surface area contributed by atoms with Crippen molar-refractivity contribution in [3.8, 4) is 11.1 Å². The molecule has 21 heavy (non-hydrogen) atoms. The van der Waals surface area contributed by atoms with Crippen molar-refractivity contribution in [3.05, 3.63) is 41.5 Å². The number of thioether (sulfide) groups is 1. The van der Waals surface area contributed by atoms with Crippen LogP contribution in [0.2, 0.25) is 0 Å². The van der Waals surface area contributed by atoms with E-state index in [-0.39, 0.29) is 0 Å². The summed E-state index contributed by atoms with van der Waals surface area (Å²) in [5, 5.41) is 3.12. The molecule has 0 unspecified atom stereocenters. The van der Waals surface area contributed by atoms with E-state index in [0.717, 1.165) is 38.7 Å². The molecule has 1 aromatic carbocycles. The minimum atomic E-state index is 0.701. The zero-order valence-corrected chi connectivity index (χ0v) is 13.3. The Morgan fingerprint density at radius 2 is 2.05 bits per heavy atom. The molecule has 0 aliphatic rings. The third-order valence-corrected chi connectivity index (χ3v) is 4.88. The van der Waals surface area contributed by atoms with E-state index in [1.54, 1.807) is 23.1 Å². The normalized spacial score (nSPS) is 11.0. The number of nitrogens with zero attached hydrogens (tertiary/aromatic N) is 2. The van der Waals surface area contributed by atoms with Gasteiger partial charge in [0, 0.05) is 10.9 Å². The fourth-order valence-corrected chi connectivity index (χ4v) is 3.66. The molecule has 4 nitrogen and oxygen atoms in total. The molecular weight excluding hydrogens is 300 g/mol. The molecule has 0 amide bonds. The Kier molecular flexibility index (Phi) is 4.38. The van der Waals surface area contributed by atoms with Gasteiger partial charge in [0.25, 0.3) is 0 Å². The lowest BCUT2D eigenvalue weighted by Crippen LogP contribution is -2.10. The van der Waals surface area contributed by atoms with Crippen LogP contribution in [0.15, 0.2) is 35.7 Å². The Hall–Kier alpha value is -1.63. The highest BCUT2D eigenvalue weighted by Gasteiger charge is 2.14. The first-order chi connectivity index (χ1) is 10.3. The van der Waals surface area contributed by atoms with Crippen LogP contribution >= 0.6 is 23.1 Å². The first-order valence-corrected chi connectivity index (χ1v) is 8.74. The van der Waals surface area contributed by atoms with E-state index < -0.39 is 0 Å². The largest absolute Gasteiger partial charge is 0.308 e. The van der Waals surface area contributed by atoms with Gasteiger partial charge in [0.2, 0.25) is 0 Å². The molecule has 0 spiro atoms. The number of aromatic nitrogens is 2. The average molecular weight is 316 g/mol. The third-order valence-electron chi connectivity index (χ3n) is 3.14. The quantitative estimate of drug-likeness (QED) is 0.552. The fraction of sp³-hybridized carbons (Fsp3) is 0.200. The van der Waals surface area contributed by atoms with Crippen molar-refractivity contribution in [2.45, 2.75) is 12.7 Å². The van der Waals surface area contributed by atoms with Gasteiger partial charge in [-0.05, 0) is 11.3 Å². The van der Waals surface area contributed by atoms with Crippen LogP contribution in [0.25, 0.3) is 21.3 Å². The van der Waals surface area contributed by atoms with E-state index in [4.69, 9.17) is 5.84 Å². The van der Waals surface area contributed by atoms with Gasteiger partial charge in [0.1, 0.15) is 10.7 Å². The molecule has 0 aliphatic heterocycles. The lowest BCUT2D eigenvalue weighted by atomic mass is 10.1. The molecule has 0 saturated heterocycles. The number of hydrogen-bond donors (Lipinski definition) is 2. The summed E-state index contributed by atoms with van der Waals surface area (Å²) in [6.45, 7) is 2.13. The van der Waals surface area contributed by atoms with Gasteiger partial charge < -0.3 is 5.43 Å². The minimum Gasteiger partial charge on any atom is -0.308 e. The van der Waals surface area contributed by atoms with E-state index in [1.165, 1.54) is 0 Å². The molecule has 3 rings (SSSR count). The van der Waals surface area contributed by atoms with Crippen LogP contribution < -0.4 is 11.3 Å². The molecule has 0 fully saturated rings. The molecule has 2 heterocycles. The van der Waals surface area contributed by atoms with E-state index in [1.807, 2.05) is 18.2 Å². The van der Waals surface area contributed by atoms with Gasteiger partial charge in [0.05, 0.1) is 11.1 Å². The number of thiophene rings is 1. The summed E-state index contributed by atoms with van der Waals surface area (Å²) in [5.41, 5.74) is 5.01. The predicted octanol–water partition coefficient (Wildman–Crippen LogP) is 3.90. The van der Waals surface area contributed by atoms with Crippen molar-refractivity contribution < 1.29 is 0 Å². The first kappa shape index (κ1) is 14.3. The molecular formula is C15H16N4S2. The summed E-state index contributed by atoms with van der Waals surface area (Å²) >= 11 is 3.43. The highest BCUT2D eigenvalue weighted by Crippen LogP contribution is 2.36. The van der Waals surface area contributed by atoms with Crippen LogP contribution in [0.4, 0.5) is 5.82 Å². The Bertz CT molecular complexity index is 740. The number of benzene rings is 1. The smallest absolute Gasteiger partial charge is 0.153 e. The van der Waals surface area contributed by atoms with Crippen molar-refractivity contribution in [2.75, 3.05) is 11.2 Å². The van der Waals surface area contributed by atoms with Crippen molar-refractivity contribution in [1.29, 1.82) is 0 Å². The maximum atomic E-state index is 5.68. The Morgan fingerprint density at radius 1 is 1.24 bits per heavy atom. The molecule has 108 valence electrons. The molecule has 0 bridgehead atoms. The summed E-state index contributed by atoms with van der Waals surface area (Å²) in [4.78, 5) is 10.2. The van der Waals surface area contributed by atoms with E-state index in [2.05, 4.69) is 39.8 Å². The second-order valence-electron chi connectivity index (χ2n) is 4.47. The number of hydrazine groups is 1. The molecule has 0 atom stereocenters. The Balaban J connectivity index is 2.13. The summed E-state index contributed by atoms with van der Waals surface area (Å²) < 4.78 is 0. The second-order valence-corrected chi connectivity index (χ2v) is 6.60. The van der Waals surface area contributed by atoms with Gasteiger partial charge in [-0.25, -0.2) is 15.8 Å². The van der Waals surface area contributed by atoms with Gasteiger partial charge >= 0.3 is 0 Å². The van der Waals surface area contributed by atoms with Gasteiger partial charge in [-0.15, -0.1) is 11.3 Å². The maximum absolute atomic E-state index is 5.68. The highest BCUT2D eigenvalue weighted by atomic mass is 32.2. The second kappa shape index (κ2) is 6.43. The van der Waals surface area contributed by atoms with Crippen LogP contribution in [0.1, 0.15) is 12.7 Å². The molecule has 3 N–H and O–H groups in total. The van der Waals surface area contributed by atoms with Gasteiger partial charge in [-0.3, -0.25) is 0 Å². The zero-order chi connectivity index (χ0) is 14.7. The number of rotatable bonds is 5. The fourth-order valence-electron chi connectivity index (χ4n) is 2.18. The zero-order valence-electron chi connectivity index (χ0n) is 11.7. The van der Waals surface area contributed by atoms with Crippen LogP contribution in [0.5, 0.6) is 0 Å². The lowest BCUT2D eigenvalue weighted by Gasteiger charge is -2.07. The summed E-state index contributed by atoms with van der Waals surface area (Å²) in [7, 11) is 0. The van der Waals surface area contributed by atoms with Gasteiger partial charge in [0.15, 0.2) is 5.82 Å². The summed E-state index contributed by atoms with van der Waals surface area (Å²) in [6, 6.07) is 10.2. The van der Waals surface area contributed by atoms with Crippen LogP contribution in [0, 0.1) is 0 Å². The third kappa shape index (κ3) is 2.88. The molecule has 3 aromatic rings. The SMILES string of the molecule is CCSCc1nc(NN)c2c(-c3ccccc3)csc2n1. The molecule has 0 aliphatic carbocycles. The number of nitrogens with one attached hydrogen (secondary N) is 1. The highest BCUT2D eigenvalue weighted by molar-refractivity contribution is 7.98.